The minimum Gasteiger partial charge on any atom is -0.385 e. The quantitative estimate of drug-likeness (QED) is 0.518. The highest BCUT2D eigenvalue weighted by molar-refractivity contribution is 5.82. The van der Waals surface area contributed by atoms with Crippen LogP contribution in [0.4, 0.5) is 0 Å². The fourth-order valence-corrected chi connectivity index (χ4v) is 1.53. The summed E-state index contributed by atoms with van der Waals surface area (Å²) in [5.41, 5.74) is 0. The van der Waals surface area contributed by atoms with Crippen LogP contribution in [-0.2, 0) is 14.3 Å². The van der Waals surface area contributed by atoms with Crippen LogP contribution in [0, 0.1) is 5.92 Å². The Morgan fingerprint density at radius 3 is 2.35 bits per heavy atom. The molecule has 102 valence electrons. The molecule has 0 radical (unpaired) electrons. The second kappa shape index (κ2) is 10.7. The first kappa shape index (κ1) is 16.6. The van der Waals surface area contributed by atoms with E-state index >= 15 is 0 Å². The van der Waals surface area contributed by atoms with Gasteiger partial charge in [0.15, 0.2) is 0 Å². The first-order valence-corrected chi connectivity index (χ1v) is 6.38. The van der Waals surface area contributed by atoms with Crippen LogP contribution in [-0.4, -0.2) is 57.8 Å². The monoisotopic (exact) mass is 245 g/mol. The first-order chi connectivity index (χ1) is 8.15. The van der Waals surface area contributed by atoms with Gasteiger partial charge in [0, 0.05) is 39.8 Å². The summed E-state index contributed by atoms with van der Waals surface area (Å²) in [6, 6.07) is 0. The maximum absolute atomic E-state index is 11.9. The number of rotatable bonds is 11. The molecule has 4 heteroatoms. The van der Waals surface area contributed by atoms with Crippen molar-refractivity contribution in [3.05, 3.63) is 0 Å². The van der Waals surface area contributed by atoms with Gasteiger partial charge in [0.05, 0.1) is 13.2 Å². The molecule has 0 N–H and O–H groups in total. The molecule has 0 aromatic rings. The predicted molar refractivity (Wildman–Crippen MR) is 69.3 cm³/mol. The first-order valence-electron chi connectivity index (χ1n) is 6.38. The number of nitrogens with zero attached hydrogens (tertiary/aromatic N) is 1. The van der Waals surface area contributed by atoms with E-state index in [2.05, 4.69) is 4.90 Å². The molecule has 0 aliphatic heterocycles. The molecule has 0 aromatic carbocycles. The molecule has 0 fully saturated rings. The number of hydrogen-bond acceptors (Lipinski definition) is 4. The molecule has 1 atom stereocenters. The molecular formula is C13H27NO3. The number of methoxy groups -OCH3 is 2. The van der Waals surface area contributed by atoms with Crippen molar-refractivity contribution in [3.63, 3.8) is 0 Å². The summed E-state index contributed by atoms with van der Waals surface area (Å²) in [5, 5.41) is 0. The lowest BCUT2D eigenvalue weighted by molar-refractivity contribution is -0.123. The average Bonchev–Trinajstić information content (AvgIpc) is 2.34. The zero-order valence-corrected chi connectivity index (χ0v) is 11.7. The van der Waals surface area contributed by atoms with Crippen molar-refractivity contribution in [2.45, 2.75) is 26.7 Å². The molecule has 0 bridgehead atoms. The Balaban J connectivity index is 4.02. The fourth-order valence-electron chi connectivity index (χ4n) is 1.53. The van der Waals surface area contributed by atoms with E-state index in [1.54, 1.807) is 14.2 Å². The molecule has 0 saturated heterocycles. The molecular weight excluding hydrogens is 218 g/mol. The topological polar surface area (TPSA) is 38.8 Å². The van der Waals surface area contributed by atoms with Gasteiger partial charge in [-0.1, -0.05) is 13.8 Å². The molecule has 0 rings (SSSR count). The van der Waals surface area contributed by atoms with Crippen molar-refractivity contribution in [1.29, 1.82) is 0 Å². The van der Waals surface area contributed by atoms with E-state index < -0.39 is 0 Å². The highest BCUT2D eigenvalue weighted by Gasteiger charge is 2.15. The van der Waals surface area contributed by atoms with E-state index in [-0.39, 0.29) is 5.92 Å². The van der Waals surface area contributed by atoms with Crippen LogP contribution in [0.15, 0.2) is 0 Å². The Labute approximate surface area is 105 Å². The van der Waals surface area contributed by atoms with Gasteiger partial charge in [-0.25, -0.2) is 0 Å². The zero-order chi connectivity index (χ0) is 13.1. The summed E-state index contributed by atoms with van der Waals surface area (Å²) in [5.74, 6) is 0.475. The number of carbonyl (C=O) groups excluding carboxylic acids is 1. The standard InChI is InChI=1S/C13H27NO3/c1-5-12(2)13(15)11-14(8-10-17-4)7-6-9-16-3/h12H,5-11H2,1-4H3. The maximum Gasteiger partial charge on any atom is 0.149 e. The molecule has 0 aromatic heterocycles. The van der Waals surface area contributed by atoms with Gasteiger partial charge in [-0.3, -0.25) is 9.69 Å². The minimum absolute atomic E-state index is 0.155. The molecule has 0 spiro atoms. The summed E-state index contributed by atoms with van der Waals surface area (Å²) < 4.78 is 10.1. The Morgan fingerprint density at radius 1 is 1.18 bits per heavy atom. The summed E-state index contributed by atoms with van der Waals surface area (Å²) in [4.78, 5) is 14.0. The minimum atomic E-state index is 0.155. The Morgan fingerprint density at radius 2 is 1.82 bits per heavy atom. The van der Waals surface area contributed by atoms with Crippen molar-refractivity contribution in [2.75, 3.05) is 47.1 Å². The highest BCUT2D eigenvalue weighted by Crippen LogP contribution is 2.04. The van der Waals surface area contributed by atoms with Gasteiger partial charge < -0.3 is 9.47 Å². The largest absolute Gasteiger partial charge is 0.385 e. The number of ketones is 1. The molecule has 0 aliphatic rings. The second-order valence-corrected chi connectivity index (χ2v) is 4.39. The van der Waals surface area contributed by atoms with Crippen molar-refractivity contribution < 1.29 is 14.3 Å². The van der Waals surface area contributed by atoms with E-state index in [0.29, 0.717) is 18.9 Å². The third-order valence-electron chi connectivity index (χ3n) is 2.98. The van der Waals surface area contributed by atoms with Gasteiger partial charge in [-0.2, -0.15) is 0 Å². The molecule has 17 heavy (non-hydrogen) atoms. The van der Waals surface area contributed by atoms with E-state index in [9.17, 15) is 4.79 Å². The van der Waals surface area contributed by atoms with E-state index in [4.69, 9.17) is 9.47 Å². The van der Waals surface area contributed by atoms with Crippen LogP contribution in [0.1, 0.15) is 26.7 Å². The van der Waals surface area contributed by atoms with Crippen LogP contribution >= 0.6 is 0 Å². The molecule has 4 nitrogen and oxygen atoms in total. The second-order valence-electron chi connectivity index (χ2n) is 4.39. The highest BCUT2D eigenvalue weighted by atomic mass is 16.5. The van der Waals surface area contributed by atoms with Gasteiger partial charge in [0.1, 0.15) is 5.78 Å². The summed E-state index contributed by atoms with van der Waals surface area (Å²) >= 11 is 0. The van der Waals surface area contributed by atoms with Crippen molar-refractivity contribution in [2.24, 2.45) is 5.92 Å². The Kier molecular flexibility index (Phi) is 10.4. The van der Waals surface area contributed by atoms with Gasteiger partial charge in [0.25, 0.3) is 0 Å². The molecule has 0 heterocycles. The van der Waals surface area contributed by atoms with Crippen LogP contribution in [0.3, 0.4) is 0 Å². The van der Waals surface area contributed by atoms with E-state index in [1.807, 2.05) is 13.8 Å². The van der Waals surface area contributed by atoms with Gasteiger partial charge >= 0.3 is 0 Å². The molecule has 0 saturated carbocycles. The van der Waals surface area contributed by atoms with Crippen LogP contribution in [0.2, 0.25) is 0 Å². The number of ether oxygens (including phenoxy) is 2. The summed E-state index contributed by atoms with van der Waals surface area (Å²) in [6.07, 6.45) is 1.86. The Bertz CT molecular complexity index is 197. The van der Waals surface area contributed by atoms with E-state index in [1.165, 1.54) is 0 Å². The van der Waals surface area contributed by atoms with Crippen LogP contribution in [0.5, 0.6) is 0 Å². The maximum atomic E-state index is 11.9. The molecule has 1 unspecified atom stereocenters. The molecule has 0 aliphatic carbocycles. The number of hydrogen-bond donors (Lipinski definition) is 0. The van der Waals surface area contributed by atoms with Crippen molar-refractivity contribution >= 4 is 5.78 Å². The third kappa shape index (κ3) is 8.30. The third-order valence-corrected chi connectivity index (χ3v) is 2.98. The number of Topliss-reactive ketones (excluding diaryl/α,β-unsaturated/α-hetero) is 1. The lowest BCUT2D eigenvalue weighted by Crippen LogP contribution is -2.36. The summed E-state index contributed by atoms with van der Waals surface area (Å²) in [6.45, 7) is 7.67. The lowest BCUT2D eigenvalue weighted by Gasteiger charge is -2.22. The van der Waals surface area contributed by atoms with Gasteiger partial charge in [-0.15, -0.1) is 0 Å². The van der Waals surface area contributed by atoms with Crippen LogP contribution < -0.4 is 0 Å². The summed E-state index contributed by atoms with van der Waals surface area (Å²) in [7, 11) is 3.38. The smallest absolute Gasteiger partial charge is 0.149 e. The predicted octanol–water partition coefficient (Wildman–Crippen LogP) is 1.59. The van der Waals surface area contributed by atoms with Crippen molar-refractivity contribution in [3.8, 4) is 0 Å². The zero-order valence-electron chi connectivity index (χ0n) is 11.7. The van der Waals surface area contributed by atoms with Crippen LogP contribution in [0.25, 0.3) is 0 Å². The van der Waals surface area contributed by atoms with Crippen molar-refractivity contribution in [1.82, 2.24) is 4.90 Å². The fraction of sp³-hybridized carbons (Fsp3) is 0.923. The average molecular weight is 245 g/mol. The van der Waals surface area contributed by atoms with Gasteiger partial charge in [-0.05, 0) is 12.8 Å². The number of carbonyl (C=O) groups is 1. The molecule has 0 amide bonds. The van der Waals surface area contributed by atoms with E-state index in [0.717, 1.165) is 32.5 Å². The SMILES string of the molecule is CCC(C)C(=O)CN(CCCOC)CCOC. The Hall–Kier alpha value is -0.450. The lowest BCUT2D eigenvalue weighted by atomic mass is 10.0. The van der Waals surface area contributed by atoms with Gasteiger partial charge in [0.2, 0.25) is 0 Å². The normalized spacial score (nSPS) is 13.0.